The molecule has 0 spiro atoms. The summed E-state index contributed by atoms with van der Waals surface area (Å²) in [6, 6.07) is 5.41. The van der Waals surface area contributed by atoms with Crippen molar-refractivity contribution in [1.29, 1.82) is 0 Å². The van der Waals surface area contributed by atoms with Gasteiger partial charge in [0.25, 0.3) is 0 Å². The number of anilines is 1. The summed E-state index contributed by atoms with van der Waals surface area (Å²) in [5, 5.41) is 3.74. The molecule has 2 atom stereocenters. The van der Waals surface area contributed by atoms with E-state index in [1.54, 1.807) is 7.11 Å². The van der Waals surface area contributed by atoms with Crippen LogP contribution in [0.3, 0.4) is 0 Å². The summed E-state index contributed by atoms with van der Waals surface area (Å²) in [6.45, 7) is 4.43. The van der Waals surface area contributed by atoms with Crippen LogP contribution < -0.4 is 15.0 Å². The molecular formula is C16H22Br2N2O. The van der Waals surface area contributed by atoms with Gasteiger partial charge < -0.3 is 15.0 Å². The Bertz CT molecular complexity index is 519. The van der Waals surface area contributed by atoms with Crippen molar-refractivity contribution in [2.45, 2.75) is 38.3 Å². The number of ether oxygens (including phenoxy) is 1. The maximum atomic E-state index is 5.48. The largest absolute Gasteiger partial charge is 0.495 e. The predicted octanol–water partition coefficient (Wildman–Crippen LogP) is 4.19. The van der Waals surface area contributed by atoms with E-state index in [0.717, 1.165) is 40.1 Å². The fourth-order valence-electron chi connectivity index (χ4n) is 3.19. The van der Waals surface area contributed by atoms with Crippen LogP contribution in [0.5, 0.6) is 5.75 Å². The lowest BCUT2D eigenvalue weighted by atomic mass is 10.0. The monoisotopic (exact) mass is 416 g/mol. The Hall–Kier alpha value is -0.260. The van der Waals surface area contributed by atoms with Crippen LogP contribution >= 0.6 is 31.9 Å². The second-order valence-corrected chi connectivity index (χ2v) is 7.71. The van der Waals surface area contributed by atoms with Crippen LogP contribution in [-0.2, 0) is 0 Å². The fraction of sp³-hybridized carbons (Fsp3) is 0.625. The first-order valence-electron chi connectivity index (χ1n) is 7.67. The highest BCUT2D eigenvalue weighted by Crippen LogP contribution is 2.40. The molecule has 1 saturated heterocycles. The zero-order valence-electron chi connectivity index (χ0n) is 12.5. The van der Waals surface area contributed by atoms with E-state index >= 15 is 0 Å². The number of rotatable bonds is 4. The number of piperazine rings is 1. The van der Waals surface area contributed by atoms with E-state index in [1.165, 1.54) is 18.5 Å². The number of hydrogen-bond donors (Lipinski definition) is 1. The molecule has 0 amide bonds. The molecule has 2 aliphatic rings. The van der Waals surface area contributed by atoms with Gasteiger partial charge in [-0.25, -0.2) is 0 Å². The van der Waals surface area contributed by atoms with Gasteiger partial charge in [-0.15, -0.1) is 0 Å². The summed E-state index contributed by atoms with van der Waals surface area (Å²) in [7, 11) is 1.72. The molecule has 0 bridgehead atoms. The maximum Gasteiger partial charge on any atom is 0.135 e. The van der Waals surface area contributed by atoms with Crippen molar-refractivity contribution in [3.63, 3.8) is 0 Å². The molecular weight excluding hydrogens is 396 g/mol. The summed E-state index contributed by atoms with van der Waals surface area (Å²) >= 11 is 7.28. The molecule has 0 aromatic heterocycles. The first kappa shape index (κ1) is 15.6. The smallest absolute Gasteiger partial charge is 0.135 e. The first-order valence-corrected chi connectivity index (χ1v) is 9.25. The van der Waals surface area contributed by atoms with E-state index < -0.39 is 0 Å². The van der Waals surface area contributed by atoms with E-state index in [9.17, 15) is 0 Å². The Balaban J connectivity index is 1.91. The molecule has 3 rings (SSSR count). The number of benzene rings is 1. The van der Waals surface area contributed by atoms with Gasteiger partial charge in [-0.05, 0) is 63.1 Å². The second-order valence-electron chi connectivity index (χ2n) is 6.00. The quantitative estimate of drug-likeness (QED) is 0.794. The first-order chi connectivity index (χ1) is 10.1. The summed E-state index contributed by atoms with van der Waals surface area (Å²) < 4.78 is 7.60. The van der Waals surface area contributed by atoms with Crippen LogP contribution in [0.2, 0.25) is 0 Å². The van der Waals surface area contributed by atoms with Crippen molar-refractivity contribution in [1.82, 2.24) is 5.32 Å². The van der Waals surface area contributed by atoms with Gasteiger partial charge in [0.2, 0.25) is 0 Å². The van der Waals surface area contributed by atoms with Crippen LogP contribution in [0.4, 0.5) is 5.69 Å². The highest BCUT2D eigenvalue weighted by atomic mass is 79.9. The number of nitrogens with zero attached hydrogens (tertiary/aromatic N) is 1. The molecule has 2 unspecified atom stereocenters. The predicted molar refractivity (Wildman–Crippen MR) is 94.3 cm³/mol. The molecule has 2 fully saturated rings. The Morgan fingerprint density at radius 2 is 2.05 bits per heavy atom. The van der Waals surface area contributed by atoms with Crippen LogP contribution in [0.25, 0.3) is 0 Å². The lowest BCUT2D eigenvalue weighted by Gasteiger charge is -2.42. The minimum Gasteiger partial charge on any atom is -0.495 e. The average molecular weight is 418 g/mol. The van der Waals surface area contributed by atoms with Crippen molar-refractivity contribution < 1.29 is 4.74 Å². The normalized spacial score (nSPS) is 26.0. The summed E-state index contributed by atoms with van der Waals surface area (Å²) in [5.41, 5.74) is 1.24. The van der Waals surface area contributed by atoms with Gasteiger partial charge >= 0.3 is 0 Å². The van der Waals surface area contributed by atoms with Gasteiger partial charge in [-0.1, -0.05) is 6.92 Å². The van der Waals surface area contributed by atoms with Crippen molar-refractivity contribution >= 4 is 37.5 Å². The molecule has 1 saturated carbocycles. The molecule has 21 heavy (non-hydrogen) atoms. The molecule has 3 nitrogen and oxygen atoms in total. The Kier molecular flexibility index (Phi) is 4.81. The van der Waals surface area contributed by atoms with Crippen molar-refractivity contribution in [2.75, 3.05) is 25.1 Å². The van der Waals surface area contributed by atoms with Gasteiger partial charge in [-0.2, -0.15) is 0 Å². The van der Waals surface area contributed by atoms with Gasteiger partial charge in [0.05, 0.1) is 17.3 Å². The number of hydrogen-bond acceptors (Lipinski definition) is 3. The molecule has 1 aromatic rings. The zero-order chi connectivity index (χ0) is 15.0. The molecule has 1 heterocycles. The number of halogens is 2. The van der Waals surface area contributed by atoms with Crippen LogP contribution in [-0.4, -0.2) is 32.3 Å². The van der Waals surface area contributed by atoms with E-state index in [4.69, 9.17) is 4.74 Å². The number of methoxy groups -OCH3 is 1. The van der Waals surface area contributed by atoms with E-state index in [0.29, 0.717) is 12.1 Å². The van der Waals surface area contributed by atoms with Gasteiger partial charge in [-0.3, -0.25) is 0 Å². The molecule has 116 valence electrons. The standard InChI is InChI=1S/C16H22Br2N2O/c1-3-11-8-19-14(10-4-5-10)9-20(11)15-7-16(21-2)13(18)6-12(15)17/h6-7,10-11,14,19H,3-5,8-9H2,1-2H3. The summed E-state index contributed by atoms with van der Waals surface area (Å²) in [4.78, 5) is 2.55. The Morgan fingerprint density at radius 1 is 1.29 bits per heavy atom. The second kappa shape index (κ2) is 6.47. The van der Waals surface area contributed by atoms with Gasteiger partial charge in [0, 0.05) is 35.7 Å². The topological polar surface area (TPSA) is 24.5 Å². The zero-order valence-corrected chi connectivity index (χ0v) is 15.7. The van der Waals surface area contributed by atoms with Gasteiger partial charge in [0.1, 0.15) is 5.75 Å². The van der Waals surface area contributed by atoms with E-state index in [1.807, 2.05) is 0 Å². The highest BCUT2D eigenvalue weighted by Gasteiger charge is 2.37. The minimum atomic E-state index is 0.544. The molecule has 1 aliphatic carbocycles. The highest BCUT2D eigenvalue weighted by molar-refractivity contribution is 9.11. The summed E-state index contributed by atoms with van der Waals surface area (Å²) in [5.74, 6) is 1.77. The average Bonchev–Trinajstić information content (AvgIpc) is 3.31. The SMILES string of the molecule is CCC1CNC(C2CC2)CN1c1cc(OC)c(Br)cc1Br. The van der Waals surface area contributed by atoms with Crippen molar-refractivity contribution in [3.8, 4) is 5.75 Å². The van der Waals surface area contributed by atoms with Crippen molar-refractivity contribution in [2.24, 2.45) is 5.92 Å². The lowest BCUT2D eigenvalue weighted by molar-refractivity contribution is 0.358. The molecule has 1 N–H and O–H groups in total. The summed E-state index contributed by atoms with van der Waals surface area (Å²) in [6.07, 6.45) is 3.91. The number of nitrogens with one attached hydrogen (secondary N) is 1. The Morgan fingerprint density at radius 3 is 2.67 bits per heavy atom. The van der Waals surface area contributed by atoms with Crippen LogP contribution in [0.15, 0.2) is 21.1 Å². The lowest BCUT2D eigenvalue weighted by Crippen LogP contribution is -2.57. The third-order valence-corrected chi connectivity index (χ3v) is 5.90. The van der Waals surface area contributed by atoms with Crippen molar-refractivity contribution in [3.05, 3.63) is 21.1 Å². The molecule has 1 aromatic carbocycles. The third kappa shape index (κ3) is 3.25. The maximum absolute atomic E-state index is 5.48. The Labute approximate surface area is 143 Å². The fourth-order valence-corrected chi connectivity index (χ4v) is 4.58. The molecule has 5 heteroatoms. The molecule has 0 radical (unpaired) electrons. The van der Waals surface area contributed by atoms with Crippen LogP contribution in [0.1, 0.15) is 26.2 Å². The van der Waals surface area contributed by atoms with Gasteiger partial charge in [0.15, 0.2) is 0 Å². The van der Waals surface area contributed by atoms with E-state index in [-0.39, 0.29) is 0 Å². The van der Waals surface area contributed by atoms with E-state index in [2.05, 4.69) is 61.1 Å². The third-order valence-electron chi connectivity index (χ3n) is 4.64. The minimum absolute atomic E-state index is 0.544. The van der Waals surface area contributed by atoms with Crippen LogP contribution in [0, 0.1) is 5.92 Å². The molecule has 1 aliphatic heterocycles.